The summed E-state index contributed by atoms with van der Waals surface area (Å²) in [6, 6.07) is 18.6. The van der Waals surface area contributed by atoms with Gasteiger partial charge in [0.2, 0.25) is 0 Å². The summed E-state index contributed by atoms with van der Waals surface area (Å²) < 4.78 is 12.5. The standard InChI is InChI=1S/C17H18BrNO2/c18-14-7-4-8-15(11-14)19-17(13-5-2-1-3-6-13)16-12-20-9-10-21-16/h1-8,11,16-17,19H,9-10,12H2. The van der Waals surface area contributed by atoms with Gasteiger partial charge in [0.05, 0.1) is 25.9 Å². The van der Waals surface area contributed by atoms with Gasteiger partial charge in [0.15, 0.2) is 0 Å². The largest absolute Gasteiger partial charge is 0.376 e. The van der Waals surface area contributed by atoms with Crippen molar-refractivity contribution in [1.29, 1.82) is 0 Å². The van der Waals surface area contributed by atoms with Gasteiger partial charge in [0.1, 0.15) is 6.10 Å². The number of halogens is 1. The number of benzene rings is 2. The average molecular weight is 348 g/mol. The first-order chi connectivity index (χ1) is 10.3. The smallest absolute Gasteiger partial charge is 0.105 e. The molecular weight excluding hydrogens is 330 g/mol. The van der Waals surface area contributed by atoms with E-state index in [2.05, 4.69) is 57.6 Å². The minimum Gasteiger partial charge on any atom is -0.376 e. The number of nitrogens with one attached hydrogen (secondary N) is 1. The third kappa shape index (κ3) is 3.84. The Labute approximate surface area is 133 Å². The molecule has 0 amide bonds. The van der Waals surface area contributed by atoms with Crippen LogP contribution in [0.15, 0.2) is 59.1 Å². The van der Waals surface area contributed by atoms with Gasteiger partial charge in [-0.15, -0.1) is 0 Å². The molecule has 1 N–H and O–H groups in total. The van der Waals surface area contributed by atoms with Crippen LogP contribution in [-0.4, -0.2) is 25.9 Å². The average Bonchev–Trinajstić information content (AvgIpc) is 2.54. The number of anilines is 1. The lowest BCUT2D eigenvalue weighted by atomic mass is 10.0. The van der Waals surface area contributed by atoms with E-state index < -0.39 is 0 Å². The first kappa shape index (κ1) is 14.6. The lowest BCUT2D eigenvalue weighted by molar-refractivity contribution is -0.0950. The Morgan fingerprint density at radius 1 is 1.05 bits per heavy atom. The second-order valence-corrected chi connectivity index (χ2v) is 5.94. The van der Waals surface area contributed by atoms with Gasteiger partial charge in [-0.25, -0.2) is 0 Å². The van der Waals surface area contributed by atoms with E-state index >= 15 is 0 Å². The second-order valence-electron chi connectivity index (χ2n) is 5.03. The molecule has 110 valence electrons. The van der Waals surface area contributed by atoms with Gasteiger partial charge in [0.25, 0.3) is 0 Å². The minimum atomic E-state index is 0.0140. The van der Waals surface area contributed by atoms with Crippen LogP contribution in [0.1, 0.15) is 11.6 Å². The van der Waals surface area contributed by atoms with E-state index in [0.717, 1.165) is 10.2 Å². The normalized spacial score (nSPS) is 20.0. The van der Waals surface area contributed by atoms with Crippen LogP contribution in [-0.2, 0) is 9.47 Å². The van der Waals surface area contributed by atoms with Crippen molar-refractivity contribution in [1.82, 2.24) is 0 Å². The predicted octanol–water partition coefficient (Wildman–Crippen LogP) is 4.02. The maximum Gasteiger partial charge on any atom is 0.105 e. The highest BCUT2D eigenvalue weighted by atomic mass is 79.9. The van der Waals surface area contributed by atoms with Gasteiger partial charge in [0, 0.05) is 10.2 Å². The van der Waals surface area contributed by atoms with E-state index in [4.69, 9.17) is 9.47 Å². The first-order valence-electron chi connectivity index (χ1n) is 7.09. The van der Waals surface area contributed by atoms with Gasteiger partial charge in [-0.05, 0) is 23.8 Å². The molecule has 1 aliphatic rings. The summed E-state index contributed by atoms with van der Waals surface area (Å²) in [5, 5.41) is 3.57. The summed E-state index contributed by atoms with van der Waals surface area (Å²) in [5.41, 5.74) is 2.26. The zero-order valence-corrected chi connectivity index (χ0v) is 13.3. The van der Waals surface area contributed by atoms with Crippen molar-refractivity contribution >= 4 is 21.6 Å². The van der Waals surface area contributed by atoms with Crippen molar-refractivity contribution in [2.24, 2.45) is 0 Å². The Hall–Kier alpha value is -1.36. The van der Waals surface area contributed by atoms with E-state index in [-0.39, 0.29) is 12.1 Å². The van der Waals surface area contributed by atoms with E-state index in [1.807, 2.05) is 18.2 Å². The van der Waals surface area contributed by atoms with Gasteiger partial charge >= 0.3 is 0 Å². The van der Waals surface area contributed by atoms with Crippen molar-refractivity contribution in [2.45, 2.75) is 12.1 Å². The molecule has 2 atom stereocenters. The molecule has 0 spiro atoms. The molecule has 0 bridgehead atoms. The Bertz CT molecular complexity index is 570. The van der Waals surface area contributed by atoms with Crippen LogP contribution in [0.25, 0.3) is 0 Å². The minimum absolute atomic E-state index is 0.0140. The SMILES string of the molecule is Brc1cccc(NC(c2ccccc2)C2COCCO2)c1. The van der Waals surface area contributed by atoms with Crippen LogP contribution < -0.4 is 5.32 Å². The fraction of sp³-hybridized carbons (Fsp3) is 0.294. The van der Waals surface area contributed by atoms with Crippen molar-refractivity contribution in [2.75, 3.05) is 25.1 Å². The highest BCUT2D eigenvalue weighted by Gasteiger charge is 2.26. The van der Waals surface area contributed by atoms with Gasteiger partial charge in [-0.1, -0.05) is 52.3 Å². The molecule has 0 aromatic heterocycles. The van der Waals surface area contributed by atoms with Crippen LogP contribution in [0.4, 0.5) is 5.69 Å². The number of rotatable bonds is 4. The molecule has 0 radical (unpaired) electrons. The first-order valence-corrected chi connectivity index (χ1v) is 7.88. The van der Waals surface area contributed by atoms with Crippen molar-refractivity contribution in [3.8, 4) is 0 Å². The summed E-state index contributed by atoms with van der Waals surface area (Å²) in [4.78, 5) is 0. The Kier molecular flexibility index (Phi) is 4.91. The van der Waals surface area contributed by atoms with Crippen molar-refractivity contribution < 1.29 is 9.47 Å². The van der Waals surface area contributed by atoms with Gasteiger partial charge < -0.3 is 14.8 Å². The van der Waals surface area contributed by atoms with E-state index in [9.17, 15) is 0 Å². The maximum absolute atomic E-state index is 5.90. The second kappa shape index (κ2) is 7.07. The van der Waals surface area contributed by atoms with Crippen molar-refractivity contribution in [3.05, 3.63) is 64.6 Å². The molecule has 3 rings (SSSR count). The molecule has 2 unspecified atom stereocenters. The van der Waals surface area contributed by atoms with Crippen LogP contribution in [0.3, 0.4) is 0 Å². The predicted molar refractivity (Wildman–Crippen MR) is 87.5 cm³/mol. The summed E-state index contributed by atoms with van der Waals surface area (Å²) in [5.74, 6) is 0. The van der Waals surface area contributed by atoms with Gasteiger partial charge in [-0.3, -0.25) is 0 Å². The summed E-state index contributed by atoms with van der Waals surface area (Å²) >= 11 is 3.51. The van der Waals surface area contributed by atoms with E-state index in [1.54, 1.807) is 0 Å². The zero-order chi connectivity index (χ0) is 14.5. The third-order valence-electron chi connectivity index (χ3n) is 3.52. The number of ether oxygens (including phenoxy) is 2. The molecule has 1 saturated heterocycles. The van der Waals surface area contributed by atoms with Crippen molar-refractivity contribution in [3.63, 3.8) is 0 Å². The zero-order valence-electron chi connectivity index (χ0n) is 11.7. The van der Waals surface area contributed by atoms with Gasteiger partial charge in [-0.2, -0.15) is 0 Å². The monoisotopic (exact) mass is 347 g/mol. The Balaban J connectivity index is 1.85. The highest BCUT2D eigenvalue weighted by molar-refractivity contribution is 9.10. The molecule has 1 aliphatic heterocycles. The molecule has 2 aromatic rings. The molecule has 0 aliphatic carbocycles. The van der Waals surface area contributed by atoms with Crippen LogP contribution in [0.2, 0.25) is 0 Å². The lowest BCUT2D eigenvalue weighted by Gasteiger charge is -2.32. The molecule has 0 saturated carbocycles. The molecule has 21 heavy (non-hydrogen) atoms. The van der Waals surface area contributed by atoms with Crippen LogP contribution >= 0.6 is 15.9 Å². The van der Waals surface area contributed by atoms with Crippen LogP contribution in [0.5, 0.6) is 0 Å². The molecular formula is C17H18BrNO2. The molecule has 4 heteroatoms. The number of hydrogen-bond acceptors (Lipinski definition) is 3. The lowest BCUT2D eigenvalue weighted by Crippen LogP contribution is -2.37. The molecule has 3 nitrogen and oxygen atoms in total. The Morgan fingerprint density at radius 2 is 1.90 bits per heavy atom. The maximum atomic E-state index is 5.90. The molecule has 1 heterocycles. The summed E-state index contributed by atoms with van der Waals surface area (Å²) in [6.45, 7) is 1.93. The van der Waals surface area contributed by atoms with E-state index in [0.29, 0.717) is 19.8 Å². The van der Waals surface area contributed by atoms with E-state index in [1.165, 1.54) is 5.56 Å². The quantitative estimate of drug-likeness (QED) is 0.905. The molecule has 1 fully saturated rings. The Morgan fingerprint density at radius 3 is 2.62 bits per heavy atom. The topological polar surface area (TPSA) is 30.5 Å². The van der Waals surface area contributed by atoms with Crippen LogP contribution in [0, 0.1) is 0 Å². The molecule has 2 aromatic carbocycles. The fourth-order valence-electron chi connectivity index (χ4n) is 2.51. The highest BCUT2D eigenvalue weighted by Crippen LogP contribution is 2.27. The summed E-state index contributed by atoms with van der Waals surface area (Å²) in [6.07, 6.45) is 0.0140. The fourth-order valence-corrected chi connectivity index (χ4v) is 2.91. The number of hydrogen-bond donors (Lipinski definition) is 1. The summed E-state index contributed by atoms with van der Waals surface area (Å²) in [7, 11) is 0. The third-order valence-corrected chi connectivity index (χ3v) is 4.01.